The summed E-state index contributed by atoms with van der Waals surface area (Å²) in [5.41, 5.74) is 0. The summed E-state index contributed by atoms with van der Waals surface area (Å²) in [7, 11) is 0. The molecule has 0 unspecified atom stereocenters. The minimum absolute atomic E-state index is 0.0121. The number of carbonyl (C=O) groups is 1. The Hall–Kier alpha value is -1.36. The van der Waals surface area contributed by atoms with Gasteiger partial charge in [-0.2, -0.15) is 0 Å². The summed E-state index contributed by atoms with van der Waals surface area (Å²) in [6.07, 6.45) is 5.12. The molecule has 2 N–H and O–H groups in total. The molecule has 0 bridgehead atoms. The molecule has 1 aromatic rings. The third-order valence-electron chi connectivity index (χ3n) is 2.80. The van der Waals surface area contributed by atoms with E-state index in [-0.39, 0.29) is 5.91 Å². The van der Waals surface area contributed by atoms with Crippen molar-refractivity contribution in [2.24, 2.45) is 5.92 Å². The van der Waals surface area contributed by atoms with Gasteiger partial charge in [0.05, 0.1) is 19.3 Å². The van der Waals surface area contributed by atoms with E-state index >= 15 is 0 Å². The van der Waals surface area contributed by atoms with E-state index < -0.39 is 0 Å². The van der Waals surface area contributed by atoms with E-state index in [9.17, 15) is 4.79 Å². The van der Waals surface area contributed by atoms with E-state index in [0.29, 0.717) is 19.0 Å². The van der Waals surface area contributed by atoms with Gasteiger partial charge in [0.15, 0.2) is 0 Å². The smallest absolute Gasteiger partial charge is 0.234 e. The summed E-state index contributed by atoms with van der Waals surface area (Å²) in [5, 5.41) is 5.91. The lowest BCUT2D eigenvalue weighted by Crippen LogP contribution is -2.34. The number of carbonyl (C=O) groups excluding carboxylic acids is 1. The molecule has 0 aromatic carbocycles. The van der Waals surface area contributed by atoms with Gasteiger partial charge in [-0.05, 0) is 25.3 Å². The zero-order valence-corrected chi connectivity index (χ0v) is 10.2. The first-order valence-corrected chi connectivity index (χ1v) is 6.19. The van der Waals surface area contributed by atoms with Crippen molar-refractivity contribution < 1.29 is 9.21 Å². The molecule has 2 rings (SSSR count). The number of nitrogens with one attached hydrogen (secondary N) is 2. The molecule has 0 atom stereocenters. The predicted octanol–water partition coefficient (Wildman–Crippen LogP) is 0.853. The van der Waals surface area contributed by atoms with Crippen molar-refractivity contribution in [1.82, 2.24) is 15.6 Å². The van der Waals surface area contributed by atoms with Crippen molar-refractivity contribution in [2.45, 2.75) is 32.7 Å². The van der Waals surface area contributed by atoms with Gasteiger partial charge in [-0.3, -0.25) is 4.79 Å². The number of rotatable bonds is 7. The van der Waals surface area contributed by atoms with Crippen LogP contribution in [0, 0.1) is 5.92 Å². The molecule has 0 saturated heterocycles. The number of aryl methyl sites for hydroxylation is 1. The standard InChI is InChI=1S/C12H19N3O2/c1-2-10-6-15-12(17-10)8-14-11(16)7-13-5-9-3-4-9/h6,9,13H,2-5,7-8H2,1H3,(H,14,16). The van der Waals surface area contributed by atoms with Crippen LogP contribution in [0.3, 0.4) is 0 Å². The van der Waals surface area contributed by atoms with Crippen molar-refractivity contribution in [1.29, 1.82) is 0 Å². The highest BCUT2D eigenvalue weighted by molar-refractivity contribution is 5.77. The Morgan fingerprint density at radius 2 is 2.41 bits per heavy atom. The topological polar surface area (TPSA) is 67.2 Å². The Labute approximate surface area is 101 Å². The number of hydrogen-bond donors (Lipinski definition) is 2. The molecule has 0 aliphatic heterocycles. The monoisotopic (exact) mass is 237 g/mol. The van der Waals surface area contributed by atoms with Crippen LogP contribution in [0.2, 0.25) is 0 Å². The van der Waals surface area contributed by atoms with Crippen LogP contribution in [0.25, 0.3) is 0 Å². The molecular weight excluding hydrogens is 218 g/mol. The average Bonchev–Trinajstić information content (AvgIpc) is 3.04. The molecule has 1 aromatic heterocycles. The van der Waals surface area contributed by atoms with Crippen LogP contribution in [0.15, 0.2) is 10.6 Å². The van der Waals surface area contributed by atoms with E-state index in [1.807, 2.05) is 6.92 Å². The van der Waals surface area contributed by atoms with Gasteiger partial charge in [0.2, 0.25) is 11.8 Å². The first-order valence-electron chi connectivity index (χ1n) is 6.19. The molecule has 1 amide bonds. The molecule has 1 saturated carbocycles. The van der Waals surface area contributed by atoms with Crippen molar-refractivity contribution in [3.05, 3.63) is 17.8 Å². The van der Waals surface area contributed by atoms with Gasteiger partial charge in [-0.15, -0.1) is 0 Å². The Balaban J connectivity index is 1.60. The third kappa shape index (κ3) is 4.19. The average molecular weight is 237 g/mol. The summed E-state index contributed by atoms with van der Waals surface area (Å²) >= 11 is 0. The fraction of sp³-hybridized carbons (Fsp3) is 0.667. The van der Waals surface area contributed by atoms with Crippen molar-refractivity contribution in [3.63, 3.8) is 0 Å². The number of oxazole rings is 1. The van der Waals surface area contributed by atoms with E-state index in [2.05, 4.69) is 15.6 Å². The summed E-state index contributed by atoms with van der Waals surface area (Å²) in [4.78, 5) is 15.5. The van der Waals surface area contributed by atoms with Gasteiger partial charge >= 0.3 is 0 Å². The normalized spacial score (nSPS) is 14.9. The second-order valence-corrected chi connectivity index (χ2v) is 4.42. The highest BCUT2D eigenvalue weighted by Crippen LogP contribution is 2.27. The van der Waals surface area contributed by atoms with E-state index in [4.69, 9.17) is 4.42 Å². The Morgan fingerprint density at radius 3 is 3.06 bits per heavy atom. The lowest BCUT2D eigenvalue weighted by Gasteiger charge is -2.04. The molecule has 94 valence electrons. The van der Waals surface area contributed by atoms with Crippen molar-refractivity contribution >= 4 is 5.91 Å². The second kappa shape index (κ2) is 5.82. The van der Waals surface area contributed by atoms with Crippen LogP contribution < -0.4 is 10.6 Å². The largest absolute Gasteiger partial charge is 0.444 e. The first-order chi connectivity index (χ1) is 8.28. The van der Waals surface area contributed by atoms with E-state index in [1.54, 1.807) is 6.20 Å². The maximum atomic E-state index is 11.5. The van der Waals surface area contributed by atoms with Gasteiger partial charge in [0.1, 0.15) is 5.76 Å². The van der Waals surface area contributed by atoms with Gasteiger partial charge in [-0.1, -0.05) is 6.92 Å². The summed E-state index contributed by atoms with van der Waals surface area (Å²) in [6, 6.07) is 0. The molecule has 17 heavy (non-hydrogen) atoms. The van der Waals surface area contributed by atoms with Crippen LogP contribution in [-0.4, -0.2) is 24.0 Å². The third-order valence-corrected chi connectivity index (χ3v) is 2.80. The number of hydrogen-bond acceptors (Lipinski definition) is 4. The van der Waals surface area contributed by atoms with Crippen LogP contribution >= 0.6 is 0 Å². The summed E-state index contributed by atoms with van der Waals surface area (Å²) in [5.74, 6) is 2.20. The predicted molar refractivity (Wildman–Crippen MR) is 63.3 cm³/mol. The summed E-state index contributed by atoms with van der Waals surface area (Å²) in [6.45, 7) is 3.69. The van der Waals surface area contributed by atoms with Gasteiger partial charge < -0.3 is 15.1 Å². The van der Waals surface area contributed by atoms with Crippen LogP contribution in [0.1, 0.15) is 31.4 Å². The van der Waals surface area contributed by atoms with E-state index in [1.165, 1.54) is 12.8 Å². The molecule has 1 aliphatic carbocycles. The van der Waals surface area contributed by atoms with Crippen LogP contribution in [0.5, 0.6) is 0 Å². The first kappa shape index (κ1) is 12.1. The highest BCUT2D eigenvalue weighted by atomic mass is 16.4. The van der Waals surface area contributed by atoms with Crippen molar-refractivity contribution in [2.75, 3.05) is 13.1 Å². The molecule has 0 spiro atoms. The molecule has 1 heterocycles. The molecular formula is C12H19N3O2. The lowest BCUT2D eigenvalue weighted by atomic mass is 10.4. The molecule has 1 aliphatic rings. The second-order valence-electron chi connectivity index (χ2n) is 4.42. The highest BCUT2D eigenvalue weighted by Gasteiger charge is 2.20. The minimum atomic E-state index is -0.0121. The zero-order valence-electron chi connectivity index (χ0n) is 10.2. The zero-order chi connectivity index (χ0) is 12.1. The number of aromatic nitrogens is 1. The Kier molecular flexibility index (Phi) is 4.14. The quantitative estimate of drug-likeness (QED) is 0.738. The van der Waals surface area contributed by atoms with Gasteiger partial charge in [-0.25, -0.2) is 4.98 Å². The maximum Gasteiger partial charge on any atom is 0.234 e. The molecule has 1 fully saturated rings. The van der Waals surface area contributed by atoms with Gasteiger partial charge in [0, 0.05) is 6.42 Å². The lowest BCUT2D eigenvalue weighted by molar-refractivity contribution is -0.120. The summed E-state index contributed by atoms with van der Waals surface area (Å²) < 4.78 is 5.39. The fourth-order valence-corrected chi connectivity index (χ4v) is 1.54. The SMILES string of the molecule is CCc1cnc(CNC(=O)CNCC2CC2)o1. The molecule has 5 heteroatoms. The fourth-order valence-electron chi connectivity index (χ4n) is 1.54. The van der Waals surface area contributed by atoms with Crippen molar-refractivity contribution in [3.8, 4) is 0 Å². The molecule has 5 nitrogen and oxygen atoms in total. The van der Waals surface area contributed by atoms with Crippen LogP contribution in [0.4, 0.5) is 0 Å². The molecule has 0 radical (unpaired) electrons. The Morgan fingerprint density at radius 1 is 1.59 bits per heavy atom. The number of amides is 1. The van der Waals surface area contributed by atoms with Gasteiger partial charge in [0.25, 0.3) is 0 Å². The number of nitrogens with zero attached hydrogens (tertiary/aromatic N) is 1. The van der Waals surface area contributed by atoms with Crippen LogP contribution in [-0.2, 0) is 17.8 Å². The minimum Gasteiger partial charge on any atom is -0.444 e. The van der Waals surface area contributed by atoms with E-state index in [0.717, 1.165) is 24.6 Å². The Bertz CT molecular complexity index is 372. The maximum absolute atomic E-state index is 11.5.